The van der Waals surface area contributed by atoms with Crippen molar-refractivity contribution >= 4 is 25.7 Å². The first-order valence-corrected chi connectivity index (χ1v) is 14.7. The Labute approximate surface area is 330 Å². The molecular weight excluding hydrogens is 619 g/mol. The van der Waals surface area contributed by atoms with E-state index in [2.05, 4.69) is 94.1 Å². The molecule has 13 heteroatoms. The minimum Gasteiger partial charge on any atom is -0.790 e. The molecule has 1 atom stereocenters. The molecule has 0 heterocycles. The molecule has 0 unspecified atom stereocenters. The summed E-state index contributed by atoms with van der Waals surface area (Å²) in [6.07, 6.45) is 13.3. The number of terminal acetylenes is 1. The second-order valence-corrected chi connectivity index (χ2v) is 9.44. The summed E-state index contributed by atoms with van der Waals surface area (Å²) in [7, 11) is -5.32. The molecule has 0 aromatic carbocycles. The van der Waals surface area contributed by atoms with E-state index in [0.29, 0.717) is 6.42 Å². The van der Waals surface area contributed by atoms with E-state index >= 15 is 0 Å². The van der Waals surface area contributed by atoms with E-state index in [9.17, 15) is 28.7 Å². The Hall–Kier alpha value is -2.56. The predicted octanol–water partition coefficient (Wildman–Crippen LogP) is -1.44. The first-order valence-electron chi connectivity index (χ1n) is 13.3. The number of phosphoric ester groups is 1. The number of carbonyl (C=O) groups is 3. The summed E-state index contributed by atoms with van der Waals surface area (Å²) in [6, 6.07) is 0. The van der Waals surface area contributed by atoms with E-state index in [-0.39, 0.29) is 90.0 Å². The van der Waals surface area contributed by atoms with Gasteiger partial charge < -0.3 is 34.1 Å². The Morgan fingerprint density at radius 2 is 1.20 bits per heavy atom. The van der Waals surface area contributed by atoms with Crippen LogP contribution in [-0.4, -0.2) is 37.2 Å². The zero-order chi connectivity index (χ0) is 32.6. The molecule has 2 N–H and O–H groups in total. The third-order valence-corrected chi connectivity index (χ3v) is 4.93. The van der Waals surface area contributed by atoms with E-state index < -0.39 is 39.1 Å². The van der Waals surface area contributed by atoms with Crippen LogP contribution in [0.3, 0.4) is 0 Å². The quantitative estimate of drug-likeness (QED) is 0.0513. The standard InChI is InChI=1S/C30H31O8P.C2H5NO.2Na.13H2/c1-3-5-7-9-11-13-14-15-17-18-20-22-24-29(31)36-26-28(27-37-39(33,34)35)38-30(32)25-23-21-19-16-12-10-8-6-4-2;1-2(3)4;;;;;;;;;;;;;;;/h1,28H,4,6,8,10,12,16,19,21,23,25-27H2,2H3,(H2,33,34,35);1H3,(H2,3,4);;;13*1H/q;;2*+1;;;;;;;;;;;;;/p-2/t28-;;;;;;;;;;;;;;;;/m1................/s1. The summed E-state index contributed by atoms with van der Waals surface area (Å²) in [5.74, 6) is 28.0. The molecule has 10 nitrogen and oxygen atoms in total. The van der Waals surface area contributed by atoms with E-state index in [1.54, 1.807) is 0 Å². The number of hydrogen-bond donors (Lipinski definition) is 1. The Kier molecular flexibility index (Phi) is 39.4. The number of unbranched alkanes of at least 4 members (excludes halogenated alkanes) is 8. The molecule has 0 aliphatic heterocycles. The molecule has 1 amide bonds. The van der Waals surface area contributed by atoms with Crippen LogP contribution in [0.15, 0.2) is 0 Å². The van der Waals surface area contributed by atoms with Gasteiger partial charge in [0.2, 0.25) is 5.91 Å². The Morgan fingerprint density at radius 1 is 0.778 bits per heavy atom. The number of hydrogen-bond acceptors (Lipinski definition) is 9. The number of rotatable bonds is 16. The molecular formula is C32H60NNa2O9P. The van der Waals surface area contributed by atoms with Crippen LogP contribution in [0.1, 0.15) is 96.6 Å². The molecule has 0 aromatic heterocycles. The van der Waals surface area contributed by atoms with Gasteiger partial charge in [-0.1, -0.05) is 58.3 Å². The van der Waals surface area contributed by atoms with Crippen molar-refractivity contribution in [2.45, 2.75) is 84.2 Å². The molecule has 0 aliphatic carbocycles. The van der Waals surface area contributed by atoms with Crippen molar-refractivity contribution in [2.75, 3.05) is 13.2 Å². The van der Waals surface area contributed by atoms with Crippen molar-refractivity contribution < 1.29 is 120 Å². The minimum absolute atomic E-state index is 0. The van der Waals surface area contributed by atoms with Gasteiger partial charge in [-0.3, -0.25) is 9.59 Å². The van der Waals surface area contributed by atoms with Crippen LogP contribution in [0, 0.1) is 83.4 Å². The zero-order valence-electron chi connectivity index (χ0n) is 26.3. The van der Waals surface area contributed by atoms with E-state index in [1.807, 2.05) is 0 Å². The normalized spacial score (nSPS) is 8.96. The van der Waals surface area contributed by atoms with Gasteiger partial charge in [-0.2, -0.15) is 0 Å². The van der Waals surface area contributed by atoms with Gasteiger partial charge in [0, 0.05) is 37.8 Å². The van der Waals surface area contributed by atoms with E-state index in [1.165, 1.54) is 32.6 Å². The van der Waals surface area contributed by atoms with Gasteiger partial charge >= 0.3 is 71.1 Å². The van der Waals surface area contributed by atoms with Crippen molar-refractivity contribution in [1.82, 2.24) is 0 Å². The van der Waals surface area contributed by atoms with Crippen LogP contribution in [0.2, 0.25) is 0 Å². The third-order valence-electron chi connectivity index (χ3n) is 4.46. The summed E-state index contributed by atoms with van der Waals surface area (Å²) in [6.45, 7) is 2.13. The zero-order valence-corrected chi connectivity index (χ0v) is 31.2. The van der Waals surface area contributed by atoms with Gasteiger partial charge in [0.05, 0.1) is 14.4 Å². The SMILES string of the molecule is C#CC#CC#CC#CC#CC#CC#CC(=O)OC[C@H](COP(=O)([O-])[O-])OC(=O)CCCCCCCCCCC.CC(N)=O.[HH].[HH].[HH].[HH].[HH].[HH].[HH].[HH].[HH].[HH].[HH].[HH].[HH].[Na+].[Na+]. The maximum absolute atomic E-state index is 12.1. The van der Waals surface area contributed by atoms with Crippen molar-refractivity contribution in [3.05, 3.63) is 0 Å². The van der Waals surface area contributed by atoms with Gasteiger partial charge in [0.1, 0.15) is 6.61 Å². The number of amides is 1. The van der Waals surface area contributed by atoms with Gasteiger partial charge in [0.25, 0.3) is 0 Å². The summed E-state index contributed by atoms with van der Waals surface area (Å²) in [5.41, 5.74) is 4.47. The number of nitrogens with two attached hydrogens (primary N) is 1. The average molecular weight is 680 g/mol. The van der Waals surface area contributed by atoms with Crippen molar-refractivity contribution in [3.8, 4) is 83.4 Å². The molecule has 0 saturated heterocycles. The number of ether oxygens (including phenoxy) is 2. The van der Waals surface area contributed by atoms with Gasteiger partial charge in [-0.15, -0.1) is 6.42 Å². The third kappa shape index (κ3) is 46.0. The molecule has 0 radical (unpaired) electrons. The fourth-order valence-electron chi connectivity index (χ4n) is 2.72. The van der Waals surface area contributed by atoms with Crippen LogP contribution in [0.25, 0.3) is 0 Å². The second-order valence-electron chi connectivity index (χ2n) is 8.29. The average Bonchev–Trinajstić information content (AvgIpc) is 2.93. The molecule has 45 heavy (non-hydrogen) atoms. The van der Waals surface area contributed by atoms with Gasteiger partial charge in [-0.05, 0) is 77.5 Å². The number of phosphoric acid groups is 1. The van der Waals surface area contributed by atoms with Gasteiger partial charge in [-0.25, -0.2) is 4.79 Å². The van der Waals surface area contributed by atoms with Crippen LogP contribution in [-0.2, 0) is 32.9 Å². The van der Waals surface area contributed by atoms with E-state index in [0.717, 1.165) is 25.7 Å². The number of carbonyl (C=O) groups excluding carboxylic acids is 3. The minimum atomic E-state index is -5.32. The molecule has 0 fully saturated rings. The molecule has 0 saturated carbocycles. The van der Waals surface area contributed by atoms with Crippen molar-refractivity contribution in [3.63, 3.8) is 0 Å². The van der Waals surface area contributed by atoms with Crippen LogP contribution < -0.4 is 74.6 Å². The molecule has 0 rings (SSSR count). The Morgan fingerprint density at radius 3 is 1.64 bits per heavy atom. The maximum Gasteiger partial charge on any atom is 1.00 e. The number of primary amides is 1. The molecule has 0 aliphatic rings. The maximum atomic E-state index is 12.1. The van der Waals surface area contributed by atoms with Crippen molar-refractivity contribution in [1.29, 1.82) is 0 Å². The summed E-state index contributed by atoms with van der Waals surface area (Å²) < 4.78 is 24.9. The van der Waals surface area contributed by atoms with Crippen LogP contribution in [0.4, 0.5) is 0 Å². The monoisotopic (exact) mass is 679 g/mol. The fraction of sp³-hybridized carbons (Fsp3) is 0.469. The molecule has 254 valence electrons. The predicted molar refractivity (Wildman–Crippen MR) is 184 cm³/mol. The molecule has 0 bridgehead atoms. The smallest absolute Gasteiger partial charge is 0.790 e. The topological polar surface area (TPSA) is 168 Å². The van der Waals surface area contributed by atoms with E-state index in [4.69, 9.17) is 15.9 Å². The first-order chi connectivity index (χ1) is 20.5. The summed E-state index contributed by atoms with van der Waals surface area (Å²) in [5, 5.41) is 0. The first kappa shape index (κ1) is 49.3. The van der Waals surface area contributed by atoms with Crippen LogP contribution >= 0.6 is 7.82 Å². The van der Waals surface area contributed by atoms with Crippen LogP contribution in [0.5, 0.6) is 0 Å². The Balaban J connectivity index is -0.0000000562. The molecule has 0 aromatic rings. The fourth-order valence-corrected chi connectivity index (χ4v) is 3.07. The van der Waals surface area contributed by atoms with Gasteiger partial charge in [0.15, 0.2) is 6.10 Å². The second kappa shape index (κ2) is 35.9. The Bertz CT molecular complexity index is 1400. The number of esters is 2. The summed E-state index contributed by atoms with van der Waals surface area (Å²) >= 11 is 0. The summed E-state index contributed by atoms with van der Waals surface area (Å²) in [4.78, 5) is 54.6. The van der Waals surface area contributed by atoms with Crippen molar-refractivity contribution in [2.24, 2.45) is 5.73 Å². The molecule has 0 spiro atoms. The largest absolute Gasteiger partial charge is 1.00 e.